The molecule has 2 aromatic carbocycles. The first-order valence-corrected chi connectivity index (χ1v) is 8.71. The second-order valence-electron chi connectivity index (χ2n) is 5.71. The Morgan fingerprint density at radius 3 is 2.73 bits per heavy atom. The Hall–Kier alpha value is -2.86. The highest BCUT2D eigenvalue weighted by atomic mass is 35.5. The SMILES string of the molecule is CCNC(=O)NC(Cc1ccccc1)c1nc(-c2cccc(Cl)c2)no1. The first kappa shape index (κ1) is 17.9. The largest absolute Gasteiger partial charge is 0.338 e. The average molecular weight is 371 g/mol. The van der Waals surface area contributed by atoms with Crippen LogP contribution in [0, 0.1) is 0 Å². The molecule has 1 heterocycles. The molecule has 26 heavy (non-hydrogen) atoms. The van der Waals surface area contributed by atoms with Gasteiger partial charge in [-0.05, 0) is 24.6 Å². The number of benzene rings is 2. The maximum absolute atomic E-state index is 12.0. The second-order valence-corrected chi connectivity index (χ2v) is 6.15. The molecule has 3 aromatic rings. The van der Waals surface area contributed by atoms with Crippen molar-refractivity contribution in [3.8, 4) is 11.4 Å². The van der Waals surface area contributed by atoms with Crippen LogP contribution in [0.25, 0.3) is 11.4 Å². The van der Waals surface area contributed by atoms with Gasteiger partial charge < -0.3 is 15.2 Å². The number of nitrogens with zero attached hydrogens (tertiary/aromatic N) is 2. The maximum atomic E-state index is 12.0. The fourth-order valence-electron chi connectivity index (χ4n) is 2.54. The molecular weight excluding hydrogens is 352 g/mol. The Labute approximate surface area is 156 Å². The molecule has 0 saturated heterocycles. The van der Waals surface area contributed by atoms with Gasteiger partial charge in [-0.2, -0.15) is 4.98 Å². The van der Waals surface area contributed by atoms with Crippen molar-refractivity contribution in [2.45, 2.75) is 19.4 Å². The molecule has 0 bridgehead atoms. The molecule has 0 radical (unpaired) electrons. The van der Waals surface area contributed by atoms with Gasteiger partial charge in [0.2, 0.25) is 11.7 Å². The smallest absolute Gasteiger partial charge is 0.315 e. The summed E-state index contributed by atoms with van der Waals surface area (Å²) in [4.78, 5) is 16.5. The Bertz CT molecular complexity index is 867. The van der Waals surface area contributed by atoms with Gasteiger partial charge >= 0.3 is 6.03 Å². The summed E-state index contributed by atoms with van der Waals surface area (Å²) in [6.07, 6.45) is 0.537. The van der Waals surface area contributed by atoms with Gasteiger partial charge in [0.25, 0.3) is 0 Å². The van der Waals surface area contributed by atoms with Crippen LogP contribution in [-0.2, 0) is 6.42 Å². The minimum Gasteiger partial charge on any atom is -0.338 e. The molecule has 1 atom stereocenters. The van der Waals surface area contributed by atoms with Gasteiger partial charge in [-0.25, -0.2) is 4.79 Å². The monoisotopic (exact) mass is 370 g/mol. The van der Waals surface area contributed by atoms with E-state index < -0.39 is 6.04 Å². The lowest BCUT2D eigenvalue weighted by Gasteiger charge is -2.15. The number of hydrogen-bond acceptors (Lipinski definition) is 4. The Kier molecular flexibility index (Phi) is 5.86. The lowest BCUT2D eigenvalue weighted by molar-refractivity contribution is 0.233. The van der Waals surface area contributed by atoms with Gasteiger partial charge in [0.1, 0.15) is 6.04 Å². The second kappa shape index (κ2) is 8.49. The summed E-state index contributed by atoms with van der Waals surface area (Å²) in [6, 6.07) is 16.3. The van der Waals surface area contributed by atoms with E-state index in [1.165, 1.54) is 0 Å². The molecule has 7 heteroatoms. The van der Waals surface area contributed by atoms with Crippen molar-refractivity contribution < 1.29 is 9.32 Å². The van der Waals surface area contributed by atoms with E-state index in [0.29, 0.717) is 29.7 Å². The third kappa shape index (κ3) is 4.61. The minimum absolute atomic E-state index is 0.282. The number of rotatable bonds is 6. The molecule has 1 unspecified atom stereocenters. The zero-order chi connectivity index (χ0) is 18.4. The van der Waals surface area contributed by atoms with Crippen molar-refractivity contribution in [2.75, 3.05) is 6.54 Å². The molecule has 134 valence electrons. The van der Waals surface area contributed by atoms with Crippen molar-refractivity contribution in [3.05, 3.63) is 71.1 Å². The maximum Gasteiger partial charge on any atom is 0.315 e. The van der Waals surface area contributed by atoms with Gasteiger partial charge in [0.05, 0.1) is 0 Å². The van der Waals surface area contributed by atoms with Crippen molar-refractivity contribution in [1.29, 1.82) is 0 Å². The number of urea groups is 1. The minimum atomic E-state index is -0.440. The standard InChI is InChI=1S/C19H19ClN4O2/c1-2-21-19(25)22-16(11-13-7-4-3-5-8-13)18-23-17(24-26-18)14-9-6-10-15(20)12-14/h3-10,12,16H,2,11H2,1H3,(H2,21,22,25). The van der Waals surface area contributed by atoms with Crippen molar-refractivity contribution in [3.63, 3.8) is 0 Å². The van der Waals surface area contributed by atoms with Gasteiger partial charge in [-0.3, -0.25) is 0 Å². The predicted molar refractivity (Wildman–Crippen MR) is 99.8 cm³/mol. The summed E-state index contributed by atoms with van der Waals surface area (Å²) in [5, 5.41) is 10.2. The van der Waals surface area contributed by atoms with Gasteiger partial charge in [0.15, 0.2) is 0 Å². The van der Waals surface area contributed by atoms with Crippen LogP contribution >= 0.6 is 11.6 Å². The molecule has 2 N–H and O–H groups in total. The Morgan fingerprint density at radius 2 is 2.00 bits per heavy atom. The number of carbonyl (C=O) groups is 1. The van der Waals surface area contributed by atoms with Gasteiger partial charge in [-0.1, -0.05) is 59.2 Å². The summed E-state index contributed by atoms with van der Waals surface area (Å²) >= 11 is 6.02. The van der Waals surface area contributed by atoms with Crippen molar-refractivity contribution in [2.24, 2.45) is 0 Å². The third-order valence-corrected chi connectivity index (χ3v) is 3.98. The predicted octanol–water partition coefficient (Wildman–Crippen LogP) is 3.99. The summed E-state index contributed by atoms with van der Waals surface area (Å²) < 4.78 is 5.43. The van der Waals surface area contributed by atoms with Crippen LogP contribution in [0.15, 0.2) is 59.1 Å². The van der Waals surface area contributed by atoms with Crippen LogP contribution in [0.5, 0.6) is 0 Å². The molecule has 3 rings (SSSR count). The summed E-state index contributed by atoms with van der Waals surface area (Å²) in [5.74, 6) is 0.772. The molecule has 0 aliphatic carbocycles. The first-order chi connectivity index (χ1) is 12.7. The number of halogens is 1. The molecule has 0 aliphatic rings. The van der Waals surface area contributed by atoms with E-state index in [1.54, 1.807) is 12.1 Å². The average Bonchev–Trinajstić information content (AvgIpc) is 3.12. The summed E-state index contributed by atoms with van der Waals surface area (Å²) in [5.41, 5.74) is 1.81. The summed E-state index contributed by atoms with van der Waals surface area (Å²) in [6.45, 7) is 2.39. The van der Waals surface area contributed by atoms with E-state index in [1.807, 2.05) is 49.4 Å². The van der Waals surface area contributed by atoms with E-state index >= 15 is 0 Å². The number of carbonyl (C=O) groups excluding carboxylic acids is 1. The van der Waals surface area contributed by atoms with E-state index in [0.717, 1.165) is 11.1 Å². The van der Waals surface area contributed by atoms with Crippen LogP contribution in [-0.4, -0.2) is 22.7 Å². The highest BCUT2D eigenvalue weighted by molar-refractivity contribution is 6.30. The van der Waals surface area contributed by atoms with Crippen LogP contribution in [0.2, 0.25) is 5.02 Å². The molecule has 0 fully saturated rings. The fourth-order valence-corrected chi connectivity index (χ4v) is 2.73. The third-order valence-electron chi connectivity index (χ3n) is 3.75. The van der Waals surface area contributed by atoms with E-state index in [4.69, 9.17) is 16.1 Å². The highest BCUT2D eigenvalue weighted by Crippen LogP contribution is 2.23. The molecule has 0 aliphatic heterocycles. The zero-order valence-electron chi connectivity index (χ0n) is 14.3. The Balaban J connectivity index is 1.85. The fraction of sp³-hybridized carbons (Fsp3) is 0.211. The molecular formula is C19H19ClN4O2. The van der Waals surface area contributed by atoms with Gasteiger partial charge in [-0.15, -0.1) is 0 Å². The quantitative estimate of drug-likeness (QED) is 0.687. The van der Waals surface area contributed by atoms with E-state index in [2.05, 4.69) is 20.8 Å². The first-order valence-electron chi connectivity index (χ1n) is 8.33. The molecule has 0 spiro atoms. The van der Waals surface area contributed by atoms with Crippen molar-refractivity contribution >= 4 is 17.6 Å². The topological polar surface area (TPSA) is 80.0 Å². The molecule has 0 saturated carbocycles. The van der Waals surface area contributed by atoms with Crippen LogP contribution < -0.4 is 10.6 Å². The van der Waals surface area contributed by atoms with E-state index in [9.17, 15) is 4.79 Å². The highest BCUT2D eigenvalue weighted by Gasteiger charge is 2.22. The van der Waals surface area contributed by atoms with E-state index in [-0.39, 0.29) is 6.03 Å². The van der Waals surface area contributed by atoms with Crippen LogP contribution in [0.1, 0.15) is 24.4 Å². The number of amides is 2. The summed E-state index contributed by atoms with van der Waals surface area (Å²) in [7, 11) is 0. The normalized spacial score (nSPS) is 11.8. The van der Waals surface area contributed by atoms with Crippen LogP contribution in [0.3, 0.4) is 0 Å². The Morgan fingerprint density at radius 1 is 1.19 bits per heavy atom. The van der Waals surface area contributed by atoms with Crippen LogP contribution in [0.4, 0.5) is 4.79 Å². The number of hydrogen-bond donors (Lipinski definition) is 2. The lowest BCUT2D eigenvalue weighted by Crippen LogP contribution is -2.38. The molecule has 1 aromatic heterocycles. The molecule has 2 amide bonds. The van der Waals surface area contributed by atoms with Gasteiger partial charge in [0, 0.05) is 23.6 Å². The molecule has 6 nitrogen and oxygen atoms in total. The number of aromatic nitrogens is 2. The number of nitrogens with one attached hydrogen (secondary N) is 2. The zero-order valence-corrected chi connectivity index (χ0v) is 15.0. The lowest BCUT2D eigenvalue weighted by atomic mass is 10.1. The van der Waals surface area contributed by atoms with Crippen molar-refractivity contribution in [1.82, 2.24) is 20.8 Å².